The number of nitrogens with zero attached hydrogens (tertiary/aromatic N) is 1. The smallest absolute Gasteiger partial charge is 0.247 e. The molecule has 1 aliphatic heterocycles. The molecule has 3 rings (SSSR count). The Morgan fingerprint density at radius 1 is 1.26 bits per heavy atom. The quantitative estimate of drug-likeness (QED) is 0.782. The van der Waals surface area contributed by atoms with Crippen LogP contribution < -0.4 is 0 Å². The van der Waals surface area contributed by atoms with Crippen LogP contribution >= 0.6 is 0 Å². The lowest BCUT2D eigenvalue weighted by atomic mass is 10.2. The Bertz CT molecular complexity index is 775. The van der Waals surface area contributed by atoms with E-state index in [1.165, 1.54) is 18.6 Å². The van der Waals surface area contributed by atoms with Gasteiger partial charge in [0.05, 0.1) is 30.6 Å². The van der Waals surface area contributed by atoms with Gasteiger partial charge in [0.2, 0.25) is 5.91 Å². The van der Waals surface area contributed by atoms with E-state index in [0.717, 1.165) is 0 Å². The lowest BCUT2D eigenvalue weighted by Crippen LogP contribution is -2.39. The maximum atomic E-state index is 12.5. The molecule has 0 N–H and O–H groups in total. The zero-order chi connectivity index (χ0) is 16.3. The van der Waals surface area contributed by atoms with Crippen molar-refractivity contribution in [2.24, 2.45) is 0 Å². The molecule has 6 nitrogen and oxygen atoms in total. The van der Waals surface area contributed by atoms with E-state index < -0.39 is 9.84 Å². The number of furan rings is 2. The number of hydrogen-bond donors (Lipinski definition) is 0. The molecule has 2 aromatic heterocycles. The first-order chi connectivity index (χ1) is 11.0. The van der Waals surface area contributed by atoms with Crippen LogP contribution in [0.25, 0.3) is 6.08 Å². The summed E-state index contributed by atoms with van der Waals surface area (Å²) in [5.41, 5.74) is 0. The fraction of sp³-hybridized carbons (Fsp3) is 0.312. The minimum absolute atomic E-state index is 0.00591. The summed E-state index contributed by atoms with van der Waals surface area (Å²) in [5, 5.41) is 0. The number of sulfone groups is 1. The summed E-state index contributed by atoms with van der Waals surface area (Å²) < 4.78 is 33.9. The number of carbonyl (C=O) groups excluding carboxylic acids is 1. The molecule has 0 aromatic carbocycles. The van der Waals surface area contributed by atoms with Gasteiger partial charge in [0, 0.05) is 12.1 Å². The second kappa shape index (κ2) is 6.45. The van der Waals surface area contributed by atoms with Crippen molar-refractivity contribution in [3.8, 4) is 0 Å². The van der Waals surface area contributed by atoms with Gasteiger partial charge in [0.1, 0.15) is 11.5 Å². The number of amides is 1. The van der Waals surface area contributed by atoms with Crippen molar-refractivity contribution >= 4 is 21.8 Å². The van der Waals surface area contributed by atoms with Gasteiger partial charge in [0.15, 0.2) is 9.84 Å². The largest absolute Gasteiger partial charge is 0.467 e. The molecule has 23 heavy (non-hydrogen) atoms. The Morgan fingerprint density at radius 3 is 2.65 bits per heavy atom. The van der Waals surface area contributed by atoms with E-state index in [1.807, 2.05) is 0 Å². The van der Waals surface area contributed by atoms with Gasteiger partial charge in [-0.2, -0.15) is 0 Å². The first-order valence-corrected chi connectivity index (χ1v) is 9.11. The lowest BCUT2D eigenvalue weighted by molar-refractivity contribution is -0.128. The predicted molar refractivity (Wildman–Crippen MR) is 84.1 cm³/mol. The fourth-order valence-electron chi connectivity index (χ4n) is 2.61. The molecule has 1 fully saturated rings. The van der Waals surface area contributed by atoms with Crippen LogP contribution in [0.4, 0.5) is 0 Å². The van der Waals surface area contributed by atoms with E-state index >= 15 is 0 Å². The highest BCUT2D eigenvalue weighted by Gasteiger charge is 2.34. The SMILES string of the molecule is O=C(/C=C/c1ccco1)N(Cc1ccco1)[C@H]1CCS(=O)(=O)C1. The summed E-state index contributed by atoms with van der Waals surface area (Å²) in [6.07, 6.45) is 6.47. The third kappa shape index (κ3) is 3.92. The van der Waals surface area contributed by atoms with Crippen molar-refractivity contribution in [1.29, 1.82) is 0 Å². The minimum atomic E-state index is -3.08. The predicted octanol–water partition coefficient (Wildman–Crippen LogP) is 2.10. The molecular formula is C16H17NO5S. The lowest BCUT2D eigenvalue weighted by Gasteiger charge is -2.26. The molecule has 1 saturated heterocycles. The van der Waals surface area contributed by atoms with Crippen molar-refractivity contribution in [2.45, 2.75) is 19.0 Å². The van der Waals surface area contributed by atoms with Gasteiger partial charge in [-0.05, 0) is 36.8 Å². The summed E-state index contributed by atoms with van der Waals surface area (Å²) in [7, 11) is -3.08. The van der Waals surface area contributed by atoms with Crippen molar-refractivity contribution < 1.29 is 22.0 Å². The second-order valence-corrected chi connectivity index (χ2v) is 7.68. The van der Waals surface area contributed by atoms with E-state index in [4.69, 9.17) is 8.83 Å². The zero-order valence-electron chi connectivity index (χ0n) is 12.4. The van der Waals surface area contributed by atoms with Crippen molar-refractivity contribution in [1.82, 2.24) is 4.90 Å². The molecule has 122 valence electrons. The van der Waals surface area contributed by atoms with E-state index in [1.54, 1.807) is 35.2 Å². The molecule has 0 spiro atoms. The average Bonchev–Trinajstić information content (AvgIpc) is 3.24. The van der Waals surface area contributed by atoms with Crippen molar-refractivity contribution in [3.05, 3.63) is 54.4 Å². The third-order valence-electron chi connectivity index (χ3n) is 3.77. The van der Waals surface area contributed by atoms with Crippen LogP contribution in [0, 0.1) is 0 Å². The number of hydrogen-bond acceptors (Lipinski definition) is 5. The first kappa shape index (κ1) is 15.6. The van der Waals surface area contributed by atoms with Gasteiger partial charge < -0.3 is 13.7 Å². The van der Waals surface area contributed by atoms with Crippen LogP contribution in [-0.4, -0.2) is 36.8 Å². The Morgan fingerprint density at radius 2 is 2.04 bits per heavy atom. The molecule has 3 heterocycles. The molecule has 1 aliphatic rings. The molecule has 7 heteroatoms. The monoisotopic (exact) mass is 335 g/mol. The van der Waals surface area contributed by atoms with Gasteiger partial charge >= 0.3 is 0 Å². The van der Waals surface area contributed by atoms with Gasteiger partial charge in [-0.25, -0.2) is 8.42 Å². The molecule has 0 unspecified atom stereocenters. The molecule has 0 radical (unpaired) electrons. The highest BCUT2D eigenvalue weighted by molar-refractivity contribution is 7.91. The highest BCUT2D eigenvalue weighted by atomic mass is 32.2. The minimum Gasteiger partial charge on any atom is -0.467 e. The Labute approximate surface area is 134 Å². The van der Waals surface area contributed by atoms with Crippen LogP contribution in [0.1, 0.15) is 17.9 Å². The number of carbonyl (C=O) groups is 1. The molecule has 0 aliphatic carbocycles. The van der Waals surface area contributed by atoms with Crippen LogP contribution in [0.5, 0.6) is 0 Å². The molecule has 1 amide bonds. The zero-order valence-corrected chi connectivity index (χ0v) is 13.2. The average molecular weight is 335 g/mol. The van der Waals surface area contributed by atoms with Gasteiger partial charge in [-0.3, -0.25) is 4.79 Å². The Balaban J connectivity index is 1.78. The van der Waals surface area contributed by atoms with E-state index in [9.17, 15) is 13.2 Å². The van der Waals surface area contributed by atoms with Crippen LogP contribution in [0.15, 0.2) is 51.7 Å². The maximum absolute atomic E-state index is 12.5. The summed E-state index contributed by atoms with van der Waals surface area (Å²) in [5.74, 6) is 1.03. The van der Waals surface area contributed by atoms with E-state index in [0.29, 0.717) is 17.9 Å². The second-order valence-electron chi connectivity index (χ2n) is 5.45. The standard InChI is InChI=1S/C16H17NO5S/c18-16(6-5-14-3-1-8-21-14)17(11-15-4-2-9-22-15)13-7-10-23(19,20)12-13/h1-6,8-9,13H,7,10-12H2/b6-5+/t13-/m0/s1. The molecule has 2 aromatic rings. The maximum Gasteiger partial charge on any atom is 0.247 e. The topological polar surface area (TPSA) is 80.7 Å². The van der Waals surface area contributed by atoms with Gasteiger partial charge in [-0.15, -0.1) is 0 Å². The summed E-state index contributed by atoms with van der Waals surface area (Å²) in [4.78, 5) is 14.1. The summed E-state index contributed by atoms with van der Waals surface area (Å²) in [6.45, 7) is 0.245. The van der Waals surface area contributed by atoms with Crippen LogP contribution in [0.2, 0.25) is 0 Å². The van der Waals surface area contributed by atoms with Crippen molar-refractivity contribution in [3.63, 3.8) is 0 Å². The molecule has 0 bridgehead atoms. The molecule has 1 atom stereocenters. The third-order valence-corrected chi connectivity index (χ3v) is 5.52. The summed E-state index contributed by atoms with van der Waals surface area (Å²) in [6, 6.07) is 6.63. The fourth-order valence-corrected chi connectivity index (χ4v) is 4.34. The van der Waals surface area contributed by atoms with E-state index in [-0.39, 0.29) is 30.0 Å². The highest BCUT2D eigenvalue weighted by Crippen LogP contribution is 2.21. The van der Waals surface area contributed by atoms with Crippen molar-refractivity contribution in [2.75, 3.05) is 11.5 Å². The normalized spacial score (nSPS) is 20.1. The van der Waals surface area contributed by atoms with E-state index in [2.05, 4.69) is 0 Å². The van der Waals surface area contributed by atoms with Crippen LogP contribution in [0.3, 0.4) is 0 Å². The molecular weight excluding hydrogens is 318 g/mol. The summed E-state index contributed by atoms with van der Waals surface area (Å²) >= 11 is 0. The first-order valence-electron chi connectivity index (χ1n) is 7.28. The van der Waals surface area contributed by atoms with Gasteiger partial charge in [-0.1, -0.05) is 0 Å². The van der Waals surface area contributed by atoms with Crippen LogP contribution in [-0.2, 0) is 21.2 Å². The Hall–Kier alpha value is -2.28. The molecule has 0 saturated carbocycles. The Kier molecular flexibility index (Phi) is 4.38. The van der Waals surface area contributed by atoms with Gasteiger partial charge in [0.25, 0.3) is 0 Å². The number of rotatable bonds is 5.